The lowest BCUT2D eigenvalue weighted by Gasteiger charge is -2.16. The van der Waals surface area contributed by atoms with Crippen molar-refractivity contribution in [3.63, 3.8) is 0 Å². The number of halogens is 2. The fraction of sp³-hybridized carbons (Fsp3) is 0.550. The van der Waals surface area contributed by atoms with E-state index in [1.54, 1.807) is 48.5 Å². The lowest BCUT2D eigenvalue weighted by atomic mass is 9.87. The van der Waals surface area contributed by atoms with Crippen LogP contribution in [0.5, 0.6) is 23.0 Å². The van der Waals surface area contributed by atoms with Gasteiger partial charge >= 0.3 is 11.9 Å². The Morgan fingerprint density at radius 3 is 1.24 bits per heavy atom. The van der Waals surface area contributed by atoms with Crippen molar-refractivity contribution in [1.82, 2.24) is 26.6 Å². The van der Waals surface area contributed by atoms with Crippen LogP contribution in [0.25, 0.3) is 0 Å². The van der Waals surface area contributed by atoms with Gasteiger partial charge in [0, 0.05) is 96.2 Å². The maximum Gasteiger partial charge on any atom is 0.326 e. The number of carbonyl (C=O) groups excluding carboxylic acids is 10. The Hall–Kier alpha value is -9.34. The molecule has 0 aromatic heterocycles. The number of nitrogens with one attached hydrogen (secondary N) is 5. The summed E-state index contributed by atoms with van der Waals surface area (Å²) in [5, 5.41) is 32.6. The van der Waals surface area contributed by atoms with Crippen LogP contribution in [0.2, 0.25) is 0 Å². The van der Waals surface area contributed by atoms with Crippen molar-refractivity contribution in [3.8, 4) is 23.0 Å². The Morgan fingerprint density at radius 2 is 0.775 bits per heavy atom. The molecule has 0 aliphatic carbocycles. The van der Waals surface area contributed by atoms with Gasteiger partial charge in [0.05, 0.1) is 78.4 Å². The molecule has 0 aliphatic heterocycles. The molecule has 0 saturated carbocycles. The number of carbonyl (C=O) groups is 12. The van der Waals surface area contributed by atoms with Crippen LogP contribution in [-0.4, -0.2) is 219 Å². The molecule has 0 bridgehead atoms. The summed E-state index contributed by atoms with van der Waals surface area (Å²) < 4.78 is 81.0. The van der Waals surface area contributed by atoms with Crippen LogP contribution < -0.4 is 36.1 Å². The van der Waals surface area contributed by atoms with Crippen LogP contribution in [-0.2, 0) is 108 Å². The number of benzene rings is 4. The number of carboxylic acid groups (broad SMARTS) is 2. The van der Waals surface area contributed by atoms with Gasteiger partial charge in [-0.15, -0.1) is 0 Å². The molecule has 1 unspecified atom stereocenters. The minimum Gasteiger partial charge on any atom is -0.481 e. The fourth-order valence-corrected chi connectivity index (χ4v) is 10.7. The second-order valence-electron chi connectivity index (χ2n) is 26.3. The largest absolute Gasteiger partial charge is 0.481 e. The highest BCUT2D eigenvalue weighted by atomic mass is 19.1. The van der Waals surface area contributed by atoms with Crippen molar-refractivity contribution in [1.29, 1.82) is 0 Å². The van der Waals surface area contributed by atoms with Crippen LogP contribution in [0.15, 0.2) is 97.1 Å². The minimum absolute atomic E-state index is 0.00168. The molecule has 612 valence electrons. The summed E-state index contributed by atoms with van der Waals surface area (Å²) in [7, 11) is 0. The van der Waals surface area contributed by atoms with Crippen LogP contribution in [0, 0.1) is 29.4 Å². The predicted molar refractivity (Wildman–Crippen MR) is 400 cm³/mol. The third kappa shape index (κ3) is 46.8. The number of ether oxygens (including phenoxy) is 10. The summed E-state index contributed by atoms with van der Waals surface area (Å²) in [5.41, 5.74) is 1.27. The second-order valence-corrected chi connectivity index (χ2v) is 26.3. The van der Waals surface area contributed by atoms with Crippen LogP contribution in [0.4, 0.5) is 8.78 Å². The Kier molecular flexibility index (Phi) is 48.9. The number of unbranched alkanes of at least 4 members (excludes halogenated alkanes) is 2. The van der Waals surface area contributed by atoms with Gasteiger partial charge in [0.15, 0.2) is 5.78 Å². The zero-order valence-electron chi connectivity index (χ0n) is 63.5. The van der Waals surface area contributed by atoms with E-state index in [9.17, 15) is 76.5 Å². The van der Waals surface area contributed by atoms with Crippen molar-refractivity contribution in [3.05, 3.63) is 120 Å². The molecule has 0 spiro atoms. The van der Waals surface area contributed by atoms with Crippen LogP contribution >= 0.6 is 0 Å². The number of ketones is 5. The van der Waals surface area contributed by atoms with Crippen molar-refractivity contribution in [2.45, 2.75) is 135 Å². The SMILES string of the molecule is CC(=O)[C@H](CCCCNC(=O)COCCOCCNC(=O)COCCOCCCC(=O)CC[C@H](CC(=O)Cc1ccc(Oc2ccc(F)cc2)cc1)C(=O)O)CC(=O)C(C)CCCCNC(=O)COCCOCCCC(=O)COCCOCCNC(=O)CC[C@H](NC(=O)Cc1ccc(Oc2ccc(F)cc2)cc1)C(=O)O. The first-order valence-electron chi connectivity index (χ1n) is 37.6. The smallest absolute Gasteiger partial charge is 0.326 e. The van der Waals surface area contributed by atoms with Crippen molar-refractivity contribution in [2.24, 2.45) is 17.8 Å². The van der Waals surface area contributed by atoms with Gasteiger partial charge in [-0.25, -0.2) is 13.6 Å². The van der Waals surface area contributed by atoms with E-state index >= 15 is 0 Å². The van der Waals surface area contributed by atoms with Crippen LogP contribution in [0.1, 0.15) is 128 Å². The summed E-state index contributed by atoms with van der Waals surface area (Å²) in [6, 6.07) is 23.0. The summed E-state index contributed by atoms with van der Waals surface area (Å²) in [6.07, 6.45) is 4.61. The predicted octanol–water partition coefficient (Wildman–Crippen LogP) is 7.56. The summed E-state index contributed by atoms with van der Waals surface area (Å²) in [5.74, 6) is -5.55. The summed E-state index contributed by atoms with van der Waals surface area (Å²) >= 11 is 0. The molecule has 0 radical (unpaired) electrons. The highest BCUT2D eigenvalue weighted by molar-refractivity contribution is 5.89. The molecule has 4 rings (SSSR count). The Morgan fingerprint density at radius 1 is 0.360 bits per heavy atom. The molecular weight excluding hydrogens is 1450 g/mol. The number of amides is 5. The number of hydrogen-bond acceptors (Lipinski definition) is 22. The third-order valence-electron chi connectivity index (χ3n) is 16.9. The van der Waals surface area contributed by atoms with E-state index in [-0.39, 0.29) is 235 Å². The highest BCUT2D eigenvalue weighted by Gasteiger charge is 2.25. The van der Waals surface area contributed by atoms with Gasteiger partial charge in [-0.3, -0.25) is 52.7 Å². The lowest BCUT2D eigenvalue weighted by molar-refractivity contribution is -0.144. The first-order valence-corrected chi connectivity index (χ1v) is 37.6. The molecule has 0 fully saturated rings. The first-order chi connectivity index (χ1) is 53.5. The third-order valence-corrected chi connectivity index (χ3v) is 16.9. The quantitative estimate of drug-likeness (QED) is 0.0210. The average Bonchev–Trinajstić information content (AvgIpc) is 1.04. The van der Waals surface area contributed by atoms with Crippen molar-refractivity contribution in [2.75, 3.05) is 132 Å². The van der Waals surface area contributed by atoms with E-state index in [1.807, 2.05) is 6.92 Å². The number of hydrogen-bond donors (Lipinski definition) is 7. The molecule has 4 aromatic rings. The van der Waals surface area contributed by atoms with E-state index in [4.69, 9.17) is 47.4 Å². The fourth-order valence-electron chi connectivity index (χ4n) is 10.7. The minimum atomic E-state index is -1.28. The zero-order valence-corrected chi connectivity index (χ0v) is 63.5. The molecule has 0 saturated heterocycles. The topological polar surface area (TPSA) is 398 Å². The molecule has 31 heteroatoms. The van der Waals surface area contributed by atoms with E-state index < -0.39 is 47.4 Å². The van der Waals surface area contributed by atoms with E-state index in [0.29, 0.717) is 105 Å². The van der Waals surface area contributed by atoms with E-state index in [0.717, 1.165) is 0 Å². The molecular formula is C80H109F2N5O24. The average molecular weight is 1560 g/mol. The molecule has 0 aliphatic rings. The van der Waals surface area contributed by atoms with E-state index in [2.05, 4.69) is 26.6 Å². The number of carboxylic acids is 2. The summed E-state index contributed by atoms with van der Waals surface area (Å²) in [6.45, 7) is 6.17. The molecule has 4 atom stereocenters. The van der Waals surface area contributed by atoms with Gasteiger partial charge < -0.3 is 84.2 Å². The highest BCUT2D eigenvalue weighted by Crippen LogP contribution is 2.25. The van der Waals surface area contributed by atoms with Gasteiger partial charge in [0.2, 0.25) is 29.5 Å². The maximum absolute atomic E-state index is 13.2. The van der Waals surface area contributed by atoms with Gasteiger partial charge in [-0.05, 0) is 142 Å². The second kappa shape index (κ2) is 57.7. The lowest BCUT2D eigenvalue weighted by Crippen LogP contribution is -2.42. The normalized spacial score (nSPS) is 12.2. The number of rotatable bonds is 67. The number of aliphatic carboxylic acids is 2. The summed E-state index contributed by atoms with van der Waals surface area (Å²) in [4.78, 5) is 148. The number of Topliss-reactive ketones (excluding diaryl/α,β-unsaturated/α-hetero) is 5. The standard InChI is InChI=1S/C80H109F2N5O24/c1-57(9-3-5-33-83-76(95)54-107-46-42-103-38-8-12-66(90)53-106-45-43-104-39-35-85-74(93)32-31-72(80(100)101)87-75(94)50-60-15-25-69(26-16-60)111-71-29-20-64(82)21-30-71)73(92)52-61(58(2)88)10-4-6-34-84-77(96)55-109-48-44-105-40-36-86-78(97)56-108-47-41-102-37-7-11-65(89)22-17-62(79(98)99)51-67(91)49-59-13-23-68(24-14-59)110-70-27-18-63(81)19-28-70/h13-16,18-21,23-30,57,61-62,72H,3-12,17,22,31-56H2,1-2H3,(H,83,95)(H,84,96)(H,85,93)(H,86,97)(H,87,94)(H,98,99)(H,100,101)/t57?,61-,62-,72+/m1/s1. The van der Waals surface area contributed by atoms with Gasteiger partial charge in [-0.2, -0.15) is 0 Å². The molecule has 29 nitrogen and oxygen atoms in total. The molecule has 0 heterocycles. The first kappa shape index (κ1) is 94.0. The Labute approximate surface area is 646 Å². The van der Waals surface area contributed by atoms with E-state index in [1.165, 1.54) is 55.5 Å². The molecule has 5 amide bonds. The van der Waals surface area contributed by atoms with Crippen molar-refractivity contribution < 1.29 is 124 Å². The zero-order chi connectivity index (χ0) is 80.6. The monoisotopic (exact) mass is 1560 g/mol. The van der Waals surface area contributed by atoms with Gasteiger partial charge in [0.1, 0.15) is 90.2 Å². The Balaban J connectivity index is 0.849. The maximum atomic E-state index is 13.2. The molecule has 7 N–H and O–H groups in total. The van der Waals surface area contributed by atoms with Crippen molar-refractivity contribution >= 4 is 70.4 Å². The van der Waals surface area contributed by atoms with Gasteiger partial charge in [0.25, 0.3) is 0 Å². The molecule has 4 aromatic carbocycles. The van der Waals surface area contributed by atoms with Crippen LogP contribution in [0.3, 0.4) is 0 Å². The molecule has 111 heavy (non-hydrogen) atoms. The Bertz CT molecular complexity index is 3440. The van der Waals surface area contributed by atoms with Gasteiger partial charge in [-0.1, -0.05) is 44.0 Å².